The van der Waals surface area contributed by atoms with Gasteiger partial charge in [0.05, 0.1) is 31.6 Å². The van der Waals surface area contributed by atoms with Crippen LogP contribution in [0, 0.1) is 0 Å². The van der Waals surface area contributed by atoms with Gasteiger partial charge < -0.3 is 14.4 Å². The van der Waals surface area contributed by atoms with Crippen LogP contribution in [0.15, 0.2) is 49.5 Å². The summed E-state index contributed by atoms with van der Waals surface area (Å²) in [6.07, 6.45) is 2.47. The molecule has 0 unspecified atom stereocenters. The molecule has 0 fully saturated rings. The Labute approximate surface area is 192 Å². The van der Waals surface area contributed by atoms with E-state index in [0.29, 0.717) is 4.48 Å². The lowest BCUT2D eigenvalue weighted by atomic mass is 10.2. The number of nitrogens with one attached hydrogen (secondary N) is 2. The van der Waals surface area contributed by atoms with Gasteiger partial charge in [-0.05, 0) is 41.4 Å². The summed E-state index contributed by atoms with van der Waals surface area (Å²) in [7, 11) is 1.50. The van der Waals surface area contributed by atoms with Gasteiger partial charge in [0.25, 0.3) is 5.56 Å². The first-order valence-corrected chi connectivity index (χ1v) is 10.8. The lowest BCUT2D eigenvalue weighted by Gasteiger charge is -2.15. The summed E-state index contributed by atoms with van der Waals surface area (Å²) in [6, 6.07) is 9.70. The molecule has 3 aromatic rings. The molecule has 0 radical (unpaired) electrons. The van der Waals surface area contributed by atoms with E-state index in [-0.39, 0.29) is 36.4 Å². The van der Waals surface area contributed by atoms with Crippen LogP contribution >= 0.6 is 15.9 Å². The lowest BCUT2D eigenvalue weighted by Crippen LogP contribution is -2.30. The highest BCUT2D eigenvalue weighted by Gasteiger charge is 2.19. The van der Waals surface area contributed by atoms with Gasteiger partial charge in [-0.15, -0.1) is 0 Å². The van der Waals surface area contributed by atoms with Gasteiger partial charge in [-0.25, -0.2) is 10.2 Å². The zero-order valence-corrected chi connectivity index (χ0v) is 19.5. The first-order valence-electron chi connectivity index (χ1n) is 9.96. The van der Waals surface area contributed by atoms with E-state index < -0.39 is 17.4 Å². The van der Waals surface area contributed by atoms with Crippen molar-refractivity contribution in [1.29, 1.82) is 0 Å². The molecular formula is C21H25BrN6O4. The number of nitrogens with zero attached hydrogens (tertiary/aromatic N) is 4. The molecule has 3 rings (SSSR count). The molecule has 0 saturated heterocycles. The average Bonchev–Trinajstić information content (AvgIpc) is 3.10. The van der Waals surface area contributed by atoms with E-state index in [1.54, 1.807) is 0 Å². The molecule has 2 heterocycles. The number of imidazole rings is 1. The second kappa shape index (κ2) is 10.5. The molecule has 3 N–H and O–H groups in total. The molecule has 1 atom stereocenters. The molecule has 170 valence electrons. The van der Waals surface area contributed by atoms with Gasteiger partial charge in [0, 0.05) is 11.5 Å². The van der Waals surface area contributed by atoms with E-state index in [9.17, 15) is 14.7 Å². The molecule has 0 amide bonds. The maximum atomic E-state index is 12.5. The molecule has 11 heteroatoms. The van der Waals surface area contributed by atoms with Crippen LogP contribution in [-0.2, 0) is 18.3 Å². The van der Waals surface area contributed by atoms with Crippen molar-refractivity contribution >= 4 is 45.3 Å². The van der Waals surface area contributed by atoms with Gasteiger partial charge in [0.2, 0.25) is 5.95 Å². The fourth-order valence-corrected chi connectivity index (χ4v) is 3.33. The normalized spacial score (nSPS) is 13.4. The summed E-state index contributed by atoms with van der Waals surface area (Å²) in [5.74, 6) is 0.201. The zero-order chi connectivity index (χ0) is 23.3. The Kier molecular flexibility index (Phi) is 7.78. The SMILES string of the molecule is CC(C)OC[C@@H](O)Cn1c(N/N=C\C(Br)=C\c2ccccc2)nc2c1c(=O)[nH]c(=O)n2C. The Balaban J connectivity index is 1.92. The number of aliphatic hydroxyl groups is 1. The maximum Gasteiger partial charge on any atom is 0.329 e. The van der Waals surface area contributed by atoms with E-state index in [1.807, 2.05) is 50.3 Å². The first-order chi connectivity index (χ1) is 15.3. The topological polar surface area (TPSA) is 127 Å². The van der Waals surface area contributed by atoms with Gasteiger partial charge in [-0.1, -0.05) is 30.3 Å². The summed E-state index contributed by atoms with van der Waals surface area (Å²) >= 11 is 3.44. The average molecular weight is 505 g/mol. The van der Waals surface area contributed by atoms with E-state index in [0.717, 1.165) is 5.56 Å². The number of ether oxygens (including phenoxy) is 1. The van der Waals surface area contributed by atoms with Crippen molar-refractivity contribution in [2.24, 2.45) is 12.1 Å². The molecule has 1 aromatic carbocycles. The summed E-state index contributed by atoms with van der Waals surface area (Å²) in [4.78, 5) is 31.1. The van der Waals surface area contributed by atoms with E-state index in [2.05, 4.69) is 36.4 Å². The fourth-order valence-electron chi connectivity index (χ4n) is 2.96. The number of aryl methyl sites for hydroxylation is 1. The van der Waals surface area contributed by atoms with Crippen molar-refractivity contribution in [3.63, 3.8) is 0 Å². The lowest BCUT2D eigenvalue weighted by molar-refractivity contribution is -0.000105. The van der Waals surface area contributed by atoms with Crippen molar-refractivity contribution in [2.75, 3.05) is 12.0 Å². The van der Waals surface area contributed by atoms with Crippen molar-refractivity contribution in [1.82, 2.24) is 19.1 Å². The second-order valence-electron chi connectivity index (χ2n) is 7.38. The van der Waals surface area contributed by atoms with Crippen LogP contribution in [-0.4, -0.2) is 49.2 Å². The summed E-state index contributed by atoms with van der Waals surface area (Å²) in [5, 5.41) is 14.6. The number of allylic oxidation sites excluding steroid dienone is 1. The molecule has 0 aliphatic heterocycles. The number of fused-ring (bicyclic) bond motifs is 1. The highest BCUT2D eigenvalue weighted by Crippen LogP contribution is 2.17. The molecule has 0 aliphatic rings. The minimum Gasteiger partial charge on any atom is -0.389 e. The fraction of sp³-hybridized carbons (Fsp3) is 0.333. The number of hydrogen-bond acceptors (Lipinski definition) is 7. The van der Waals surface area contributed by atoms with Crippen molar-refractivity contribution in [3.8, 4) is 0 Å². The van der Waals surface area contributed by atoms with Crippen LogP contribution in [0.25, 0.3) is 17.2 Å². The second-order valence-corrected chi connectivity index (χ2v) is 8.30. The Morgan fingerprint density at radius 1 is 1.34 bits per heavy atom. The maximum absolute atomic E-state index is 12.5. The Morgan fingerprint density at radius 3 is 2.75 bits per heavy atom. The van der Waals surface area contributed by atoms with Gasteiger partial charge in [0.15, 0.2) is 11.2 Å². The van der Waals surface area contributed by atoms with Gasteiger partial charge in [-0.3, -0.25) is 14.3 Å². The van der Waals surface area contributed by atoms with Gasteiger partial charge >= 0.3 is 5.69 Å². The predicted octanol–water partition coefficient (Wildman–Crippen LogP) is 2.04. The third-order valence-corrected chi connectivity index (χ3v) is 4.91. The Morgan fingerprint density at radius 2 is 2.06 bits per heavy atom. The Bertz CT molecular complexity index is 1240. The van der Waals surface area contributed by atoms with Crippen LogP contribution in [0.2, 0.25) is 0 Å². The van der Waals surface area contributed by atoms with Crippen LogP contribution in [0.5, 0.6) is 0 Å². The molecule has 32 heavy (non-hydrogen) atoms. The van der Waals surface area contributed by atoms with Crippen LogP contribution in [0.4, 0.5) is 5.95 Å². The van der Waals surface area contributed by atoms with E-state index in [4.69, 9.17) is 4.74 Å². The highest BCUT2D eigenvalue weighted by atomic mass is 79.9. The van der Waals surface area contributed by atoms with Crippen LogP contribution < -0.4 is 16.7 Å². The number of hydrogen-bond donors (Lipinski definition) is 3. The summed E-state index contributed by atoms with van der Waals surface area (Å²) in [6.45, 7) is 3.82. The Hall–Kier alpha value is -3.02. The van der Waals surface area contributed by atoms with Crippen molar-refractivity contribution in [3.05, 3.63) is 61.2 Å². The quantitative estimate of drug-likeness (QED) is 0.302. The largest absolute Gasteiger partial charge is 0.389 e. The third kappa shape index (κ3) is 5.81. The number of anilines is 1. The molecule has 0 bridgehead atoms. The number of benzene rings is 1. The van der Waals surface area contributed by atoms with E-state index in [1.165, 1.54) is 22.4 Å². The predicted molar refractivity (Wildman–Crippen MR) is 128 cm³/mol. The minimum absolute atomic E-state index is 0.0172. The number of halogens is 1. The molecule has 0 aliphatic carbocycles. The smallest absolute Gasteiger partial charge is 0.329 e. The summed E-state index contributed by atoms with van der Waals surface area (Å²) in [5.41, 5.74) is 2.92. The minimum atomic E-state index is -0.902. The molecule has 0 saturated carbocycles. The number of aliphatic hydroxyl groups excluding tert-OH is 1. The number of aromatic nitrogens is 4. The summed E-state index contributed by atoms with van der Waals surface area (Å²) < 4.78 is 8.87. The molecular weight excluding hydrogens is 480 g/mol. The van der Waals surface area contributed by atoms with Gasteiger partial charge in [-0.2, -0.15) is 10.1 Å². The first kappa shape index (κ1) is 23.6. The van der Waals surface area contributed by atoms with E-state index >= 15 is 0 Å². The zero-order valence-electron chi connectivity index (χ0n) is 17.9. The standard InChI is InChI=1S/C21H25BrN6O4/c1-13(2)32-12-16(29)11-28-17-18(27(3)21(31)25-19(17)30)24-20(28)26-23-10-15(22)9-14-7-5-4-6-8-14/h4-10,13,16,29H,11-12H2,1-3H3,(H,24,26)(H,25,30,31)/b15-9-,23-10-/t16-/m0/s1. The van der Waals surface area contributed by atoms with Crippen molar-refractivity contribution in [2.45, 2.75) is 32.6 Å². The van der Waals surface area contributed by atoms with Crippen LogP contribution in [0.1, 0.15) is 19.4 Å². The highest BCUT2D eigenvalue weighted by molar-refractivity contribution is 9.12. The molecule has 10 nitrogen and oxygen atoms in total. The third-order valence-electron chi connectivity index (χ3n) is 4.48. The number of hydrazone groups is 1. The molecule has 0 spiro atoms. The van der Waals surface area contributed by atoms with Crippen molar-refractivity contribution < 1.29 is 9.84 Å². The number of rotatable bonds is 9. The molecule has 2 aromatic heterocycles. The van der Waals surface area contributed by atoms with Crippen LogP contribution in [0.3, 0.4) is 0 Å². The monoisotopic (exact) mass is 504 g/mol. The number of aromatic amines is 1. The number of H-pyrrole nitrogens is 1. The van der Waals surface area contributed by atoms with Gasteiger partial charge in [0.1, 0.15) is 0 Å².